The number of carboxylic acids is 1. The molecule has 0 radical (unpaired) electrons. The van der Waals surface area contributed by atoms with E-state index in [1.54, 1.807) is 19.1 Å². The van der Waals surface area contributed by atoms with Crippen molar-refractivity contribution in [1.82, 2.24) is 0 Å². The zero-order valence-electron chi connectivity index (χ0n) is 11.0. The molecule has 2 aromatic rings. The third-order valence-corrected chi connectivity index (χ3v) is 2.92. The number of carboxylic acid groups (broad SMARTS) is 1. The summed E-state index contributed by atoms with van der Waals surface area (Å²) in [6, 6.07) is 13.8. The van der Waals surface area contributed by atoms with Crippen molar-refractivity contribution >= 4 is 11.9 Å². The van der Waals surface area contributed by atoms with Crippen molar-refractivity contribution in [3.05, 3.63) is 70.8 Å². The number of ether oxygens (including phenoxy) is 1. The molecule has 2 rings (SSSR count). The molecule has 0 atom stereocenters. The molecule has 20 heavy (non-hydrogen) atoms. The average Bonchev–Trinajstić information content (AvgIpc) is 2.46. The van der Waals surface area contributed by atoms with Gasteiger partial charge in [-0.2, -0.15) is 0 Å². The molecule has 0 aliphatic rings. The van der Waals surface area contributed by atoms with Crippen LogP contribution in [0.2, 0.25) is 0 Å². The third-order valence-electron chi connectivity index (χ3n) is 2.92. The highest BCUT2D eigenvalue weighted by molar-refractivity contribution is 5.95. The summed E-state index contributed by atoms with van der Waals surface area (Å²) in [5.74, 6) is -1.59. The average molecular weight is 270 g/mol. The first kappa shape index (κ1) is 13.8. The van der Waals surface area contributed by atoms with Gasteiger partial charge in [-0.15, -0.1) is 0 Å². The lowest BCUT2D eigenvalue weighted by Crippen LogP contribution is -2.08. The van der Waals surface area contributed by atoms with Crippen LogP contribution in [0, 0.1) is 6.92 Å². The Bertz CT molecular complexity index is 632. The molecule has 0 saturated heterocycles. The molecule has 0 bridgehead atoms. The summed E-state index contributed by atoms with van der Waals surface area (Å²) >= 11 is 0. The highest BCUT2D eigenvalue weighted by Crippen LogP contribution is 2.13. The Morgan fingerprint density at radius 3 is 2.45 bits per heavy atom. The largest absolute Gasteiger partial charge is 0.478 e. The SMILES string of the molecule is Cc1ccc(C(=O)OCc2ccccc2)cc1C(=O)O. The van der Waals surface area contributed by atoms with E-state index in [1.165, 1.54) is 6.07 Å². The highest BCUT2D eigenvalue weighted by Gasteiger charge is 2.13. The van der Waals surface area contributed by atoms with Crippen LogP contribution in [0.5, 0.6) is 0 Å². The molecule has 0 heterocycles. The van der Waals surface area contributed by atoms with E-state index in [0.717, 1.165) is 5.56 Å². The molecule has 0 aromatic heterocycles. The molecule has 1 N–H and O–H groups in total. The van der Waals surface area contributed by atoms with Gasteiger partial charge >= 0.3 is 11.9 Å². The second kappa shape index (κ2) is 6.02. The number of benzene rings is 2. The van der Waals surface area contributed by atoms with Gasteiger partial charge < -0.3 is 9.84 Å². The van der Waals surface area contributed by atoms with Crippen molar-refractivity contribution in [2.75, 3.05) is 0 Å². The van der Waals surface area contributed by atoms with Crippen molar-refractivity contribution in [1.29, 1.82) is 0 Å². The lowest BCUT2D eigenvalue weighted by atomic mass is 10.1. The summed E-state index contributed by atoms with van der Waals surface area (Å²) in [6.45, 7) is 1.85. The molecule has 102 valence electrons. The van der Waals surface area contributed by atoms with E-state index < -0.39 is 11.9 Å². The van der Waals surface area contributed by atoms with Gasteiger partial charge in [-0.05, 0) is 30.2 Å². The fourth-order valence-corrected chi connectivity index (χ4v) is 1.79. The van der Waals surface area contributed by atoms with Gasteiger partial charge in [-0.25, -0.2) is 9.59 Å². The van der Waals surface area contributed by atoms with E-state index >= 15 is 0 Å². The van der Waals surface area contributed by atoms with Crippen LogP contribution in [0.1, 0.15) is 31.8 Å². The molecular formula is C16H14O4. The second-order valence-electron chi connectivity index (χ2n) is 4.40. The van der Waals surface area contributed by atoms with E-state index in [9.17, 15) is 9.59 Å². The predicted molar refractivity (Wildman–Crippen MR) is 73.7 cm³/mol. The standard InChI is InChI=1S/C16H14O4/c1-11-7-8-13(9-14(11)15(17)18)16(19)20-10-12-5-3-2-4-6-12/h2-9H,10H2,1H3,(H,17,18). The summed E-state index contributed by atoms with van der Waals surface area (Å²) < 4.78 is 5.16. The lowest BCUT2D eigenvalue weighted by Gasteiger charge is -2.07. The Morgan fingerprint density at radius 1 is 1.10 bits per heavy atom. The van der Waals surface area contributed by atoms with Crippen LogP contribution in [0.15, 0.2) is 48.5 Å². The maximum Gasteiger partial charge on any atom is 0.338 e. The van der Waals surface area contributed by atoms with E-state index in [1.807, 2.05) is 30.3 Å². The molecule has 2 aromatic carbocycles. The Kier molecular flexibility index (Phi) is 4.15. The van der Waals surface area contributed by atoms with E-state index in [0.29, 0.717) is 5.56 Å². The molecule has 0 aliphatic carbocycles. The van der Waals surface area contributed by atoms with Crippen molar-refractivity contribution in [2.24, 2.45) is 0 Å². The van der Waals surface area contributed by atoms with Gasteiger partial charge in [-0.3, -0.25) is 0 Å². The van der Waals surface area contributed by atoms with Crippen molar-refractivity contribution < 1.29 is 19.4 Å². The van der Waals surface area contributed by atoms with Gasteiger partial charge in [0.2, 0.25) is 0 Å². The Morgan fingerprint density at radius 2 is 1.80 bits per heavy atom. The van der Waals surface area contributed by atoms with Gasteiger partial charge in [0.25, 0.3) is 0 Å². The summed E-state index contributed by atoms with van der Waals surface area (Å²) in [6.07, 6.45) is 0. The normalized spacial score (nSPS) is 10.1. The Hall–Kier alpha value is -2.62. The Balaban J connectivity index is 2.10. The monoisotopic (exact) mass is 270 g/mol. The maximum absolute atomic E-state index is 11.9. The first-order chi connectivity index (χ1) is 9.58. The van der Waals surface area contributed by atoms with Crippen LogP contribution < -0.4 is 0 Å². The van der Waals surface area contributed by atoms with Crippen LogP contribution in [-0.2, 0) is 11.3 Å². The summed E-state index contributed by atoms with van der Waals surface area (Å²) in [5.41, 5.74) is 1.84. The van der Waals surface area contributed by atoms with Gasteiger partial charge in [0.1, 0.15) is 6.61 Å². The zero-order valence-corrected chi connectivity index (χ0v) is 11.0. The lowest BCUT2D eigenvalue weighted by molar-refractivity contribution is 0.0472. The number of esters is 1. The van der Waals surface area contributed by atoms with Crippen LogP contribution in [-0.4, -0.2) is 17.0 Å². The van der Waals surface area contributed by atoms with Gasteiger partial charge in [0.15, 0.2) is 0 Å². The topological polar surface area (TPSA) is 63.6 Å². The zero-order chi connectivity index (χ0) is 14.5. The van der Waals surface area contributed by atoms with E-state index in [-0.39, 0.29) is 17.7 Å². The predicted octanol–water partition coefficient (Wildman–Crippen LogP) is 3.05. The van der Waals surface area contributed by atoms with E-state index in [2.05, 4.69) is 0 Å². The molecule has 0 unspecified atom stereocenters. The van der Waals surface area contributed by atoms with Crippen LogP contribution >= 0.6 is 0 Å². The first-order valence-corrected chi connectivity index (χ1v) is 6.13. The number of aryl methyl sites for hydroxylation is 1. The first-order valence-electron chi connectivity index (χ1n) is 6.13. The number of carbonyl (C=O) groups excluding carboxylic acids is 1. The molecule has 0 saturated carbocycles. The number of rotatable bonds is 4. The van der Waals surface area contributed by atoms with Crippen LogP contribution in [0.4, 0.5) is 0 Å². The molecule has 4 nitrogen and oxygen atoms in total. The van der Waals surface area contributed by atoms with Gasteiger partial charge in [0, 0.05) is 0 Å². The minimum Gasteiger partial charge on any atom is -0.478 e. The number of hydrogen-bond acceptors (Lipinski definition) is 3. The second-order valence-corrected chi connectivity index (χ2v) is 4.40. The molecule has 0 fully saturated rings. The molecule has 0 aliphatic heterocycles. The Labute approximate surface area is 116 Å². The summed E-state index contributed by atoms with van der Waals surface area (Å²) in [5, 5.41) is 9.03. The number of hydrogen-bond donors (Lipinski definition) is 1. The minimum absolute atomic E-state index is 0.110. The molecule has 0 spiro atoms. The summed E-state index contributed by atoms with van der Waals surface area (Å²) in [4.78, 5) is 22.9. The van der Waals surface area contributed by atoms with Crippen molar-refractivity contribution in [3.8, 4) is 0 Å². The minimum atomic E-state index is -1.06. The number of aromatic carboxylic acids is 1. The third kappa shape index (κ3) is 3.23. The fraction of sp³-hybridized carbons (Fsp3) is 0.125. The smallest absolute Gasteiger partial charge is 0.338 e. The maximum atomic E-state index is 11.9. The quantitative estimate of drug-likeness (QED) is 0.867. The number of carbonyl (C=O) groups is 2. The van der Waals surface area contributed by atoms with Gasteiger partial charge in [-0.1, -0.05) is 36.4 Å². The highest BCUT2D eigenvalue weighted by atomic mass is 16.5. The van der Waals surface area contributed by atoms with Gasteiger partial charge in [0.05, 0.1) is 11.1 Å². The van der Waals surface area contributed by atoms with E-state index in [4.69, 9.17) is 9.84 Å². The fourth-order valence-electron chi connectivity index (χ4n) is 1.79. The summed E-state index contributed by atoms with van der Waals surface area (Å²) in [7, 11) is 0. The molecule has 4 heteroatoms. The van der Waals surface area contributed by atoms with Crippen LogP contribution in [0.3, 0.4) is 0 Å². The van der Waals surface area contributed by atoms with Crippen LogP contribution in [0.25, 0.3) is 0 Å². The van der Waals surface area contributed by atoms with Crippen molar-refractivity contribution in [3.63, 3.8) is 0 Å². The molecule has 0 amide bonds. The molecular weight excluding hydrogens is 256 g/mol. The van der Waals surface area contributed by atoms with Crippen molar-refractivity contribution in [2.45, 2.75) is 13.5 Å².